The number of carbonyl (C=O) groups excluding carboxylic acids is 1. The fraction of sp³-hybridized carbons (Fsp3) is 0.500. The van der Waals surface area contributed by atoms with Crippen LogP contribution in [-0.2, 0) is 4.79 Å². The van der Waals surface area contributed by atoms with Gasteiger partial charge in [0, 0.05) is 18.7 Å². The maximum absolute atomic E-state index is 11.6. The Morgan fingerprint density at radius 3 is 2.75 bits per heavy atom. The number of hydrogen-bond donors (Lipinski definition) is 2. The van der Waals surface area contributed by atoms with Crippen molar-refractivity contribution in [1.82, 2.24) is 4.98 Å². The van der Waals surface area contributed by atoms with Gasteiger partial charge in [0.05, 0.1) is 11.9 Å². The van der Waals surface area contributed by atoms with E-state index in [9.17, 15) is 4.79 Å². The van der Waals surface area contributed by atoms with Crippen molar-refractivity contribution in [3.8, 4) is 0 Å². The fourth-order valence-corrected chi connectivity index (χ4v) is 1.29. The molecule has 1 unspecified atom stereocenters. The lowest BCUT2D eigenvalue weighted by Crippen LogP contribution is -2.31. The monoisotopic (exact) mass is 221 g/mol. The summed E-state index contributed by atoms with van der Waals surface area (Å²) in [6.07, 6.45) is 3.72. The Bertz CT molecular complexity index is 363. The predicted molar refractivity (Wildman–Crippen MR) is 65.0 cm³/mol. The largest absolute Gasteiger partial charge is 0.327 e. The van der Waals surface area contributed by atoms with Crippen molar-refractivity contribution in [3.05, 3.63) is 24.0 Å². The van der Waals surface area contributed by atoms with Crippen LogP contribution in [0.2, 0.25) is 0 Å². The minimum absolute atomic E-state index is 0.0615. The smallest absolute Gasteiger partial charge is 0.225 e. The minimum Gasteiger partial charge on any atom is -0.327 e. The first-order valence-electron chi connectivity index (χ1n) is 5.46. The molecule has 1 atom stereocenters. The summed E-state index contributed by atoms with van der Waals surface area (Å²) in [6, 6.07) is 1.78. The molecule has 0 aromatic carbocycles. The quantitative estimate of drug-likeness (QED) is 0.813. The Kier molecular flexibility index (Phi) is 4.43. The standard InChI is InChI=1S/C12H19N3O/c1-8(2)11(13)5-12(16)15-10-4-9(3)6-14-7-10/h4,6-8,11H,5,13H2,1-3H3,(H,15,16). The molecule has 4 heteroatoms. The van der Waals surface area contributed by atoms with E-state index in [4.69, 9.17) is 5.73 Å². The van der Waals surface area contributed by atoms with E-state index < -0.39 is 0 Å². The third-order valence-corrected chi connectivity index (χ3v) is 2.44. The molecule has 3 N–H and O–H groups in total. The second-order valence-corrected chi connectivity index (χ2v) is 4.41. The van der Waals surface area contributed by atoms with Gasteiger partial charge in [0.25, 0.3) is 0 Å². The Morgan fingerprint density at radius 2 is 2.19 bits per heavy atom. The third-order valence-electron chi connectivity index (χ3n) is 2.44. The van der Waals surface area contributed by atoms with Crippen LogP contribution in [0.1, 0.15) is 25.8 Å². The van der Waals surface area contributed by atoms with Crippen molar-refractivity contribution in [2.45, 2.75) is 33.2 Å². The van der Waals surface area contributed by atoms with Gasteiger partial charge in [-0.3, -0.25) is 9.78 Å². The van der Waals surface area contributed by atoms with Crippen LogP contribution in [0.3, 0.4) is 0 Å². The van der Waals surface area contributed by atoms with Crippen LogP contribution in [0.15, 0.2) is 18.5 Å². The summed E-state index contributed by atoms with van der Waals surface area (Å²) in [4.78, 5) is 15.6. The average molecular weight is 221 g/mol. The Hall–Kier alpha value is -1.42. The SMILES string of the molecule is Cc1cncc(NC(=O)CC(N)C(C)C)c1. The molecule has 0 aliphatic rings. The molecule has 1 aromatic heterocycles. The first-order valence-corrected chi connectivity index (χ1v) is 5.46. The Labute approximate surface area is 96.3 Å². The number of pyridine rings is 1. The molecule has 0 saturated carbocycles. The van der Waals surface area contributed by atoms with Gasteiger partial charge >= 0.3 is 0 Å². The molecule has 88 valence electrons. The van der Waals surface area contributed by atoms with Gasteiger partial charge in [0.1, 0.15) is 0 Å². The first-order chi connectivity index (χ1) is 7.49. The van der Waals surface area contributed by atoms with Gasteiger partial charge < -0.3 is 11.1 Å². The summed E-state index contributed by atoms with van der Waals surface area (Å²) in [5, 5.41) is 2.79. The van der Waals surface area contributed by atoms with E-state index >= 15 is 0 Å². The maximum atomic E-state index is 11.6. The van der Waals surface area contributed by atoms with Crippen LogP contribution in [0, 0.1) is 12.8 Å². The third kappa shape index (κ3) is 3.98. The van der Waals surface area contributed by atoms with Crippen molar-refractivity contribution in [1.29, 1.82) is 0 Å². The van der Waals surface area contributed by atoms with Crippen molar-refractivity contribution >= 4 is 11.6 Å². The zero-order valence-electron chi connectivity index (χ0n) is 10.0. The normalized spacial score (nSPS) is 12.6. The summed E-state index contributed by atoms with van der Waals surface area (Å²) in [6.45, 7) is 5.95. The van der Waals surface area contributed by atoms with Gasteiger partial charge in [-0.15, -0.1) is 0 Å². The summed E-state index contributed by atoms with van der Waals surface area (Å²) >= 11 is 0. The molecular formula is C12H19N3O. The van der Waals surface area contributed by atoms with E-state index in [2.05, 4.69) is 10.3 Å². The number of aryl methyl sites for hydroxylation is 1. The van der Waals surface area contributed by atoms with Gasteiger partial charge in [0.2, 0.25) is 5.91 Å². The Morgan fingerprint density at radius 1 is 1.50 bits per heavy atom. The summed E-state index contributed by atoms with van der Waals surface area (Å²) in [7, 11) is 0. The van der Waals surface area contributed by atoms with E-state index in [0.717, 1.165) is 11.3 Å². The highest BCUT2D eigenvalue weighted by molar-refractivity contribution is 5.90. The lowest BCUT2D eigenvalue weighted by molar-refractivity contribution is -0.116. The molecule has 0 bridgehead atoms. The predicted octanol–water partition coefficient (Wildman–Crippen LogP) is 1.70. The fourth-order valence-electron chi connectivity index (χ4n) is 1.29. The molecule has 1 rings (SSSR count). The second kappa shape index (κ2) is 5.61. The molecule has 1 heterocycles. The number of nitrogens with zero attached hydrogens (tertiary/aromatic N) is 1. The Balaban J connectivity index is 2.52. The second-order valence-electron chi connectivity index (χ2n) is 4.41. The molecule has 4 nitrogen and oxygen atoms in total. The number of nitrogens with two attached hydrogens (primary N) is 1. The number of carbonyl (C=O) groups is 1. The number of nitrogens with one attached hydrogen (secondary N) is 1. The summed E-state index contributed by atoms with van der Waals surface area (Å²) < 4.78 is 0. The van der Waals surface area contributed by atoms with Crippen molar-refractivity contribution in [2.75, 3.05) is 5.32 Å². The van der Waals surface area contributed by atoms with Gasteiger partial charge in [-0.25, -0.2) is 0 Å². The molecular weight excluding hydrogens is 202 g/mol. The number of aromatic nitrogens is 1. The van der Waals surface area contributed by atoms with Gasteiger partial charge in [-0.05, 0) is 24.5 Å². The van der Waals surface area contributed by atoms with Gasteiger partial charge in [0.15, 0.2) is 0 Å². The lowest BCUT2D eigenvalue weighted by atomic mass is 10.0. The van der Waals surface area contributed by atoms with Crippen LogP contribution >= 0.6 is 0 Å². The zero-order chi connectivity index (χ0) is 12.1. The zero-order valence-corrected chi connectivity index (χ0v) is 10.0. The molecule has 0 fully saturated rings. The molecule has 0 spiro atoms. The van der Waals surface area contributed by atoms with E-state index in [0.29, 0.717) is 12.3 Å². The molecule has 16 heavy (non-hydrogen) atoms. The van der Waals surface area contributed by atoms with Crippen LogP contribution < -0.4 is 11.1 Å². The van der Waals surface area contributed by atoms with Crippen LogP contribution in [0.4, 0.5) is 5.69 Å². The van der Waals surface area contributed by atoms with E-state index in [1.165, 1.54) is 0 Å². The first kappa shape index (κ1) is 12.6. The summed E-state index contributed by atoms with van der Waals surface area (Å²) in [5.74, 6) is 0.245. The maximum Gasteiger partial charge on any atom is 0.225 e. The molecule has 1 amide bonds. The van der Waals surface area contributed by atoms with Crippen molar-refractivity contribution in [3.63, 3.8) is 0 Å². The number of amides is 1. The van der Waals surface area contributed by atoms with E-state index in [1.54, 1.807) is 12.4 Å². The average Bonchev–Trinajstić information content (AvgIpc) is 2.16. The van der Waals surface area contributed by atoms with Crippen LogP contribution in [-0.4, -0.2) is 16.9 Å². The van der Waals surface area contributed by atoms with Crippen molar-refractivity contribution in [2.24, 2.45) is 11.7 Å². The molecule has 0 aliphatic carbocycles. The molecule has 0 radical (unpaired) electrons. The van der Waals surface area contributed by atoms with E-state index in [1.807, 2.05) is 26.8 Å². The number of rotatable bonds is 4. The molecule has 0 aliphatic heterocycles. The van der Waals surface area contributed by atoms with Crippen LogP contribution in [0.5, 0.6) is 0 Å². The van der Waals surface area contributed by atoms with E-state index in [-0.39, 0.29) is 11.9 Å². The lowest BCUT2D eigenvalue weighted by Gasteiger charge is -2.14. The van der Waals surface area contributed by atoms with Crippen molar-refractivity contribution < 1.29 is 4.79 Å². The minimum atomic E-state index is -0.0993. The molecule has 1 aromatic rings. The number of anilines is 1. The highest BCUT2D eigenvalue weighted by Crippen LogP contribution is 2.09. The topological polar surface area (TPSA) is 68.0 Å². The summed E-state index contributed by atoms with van der Waals surface area (Å²) in [5.41, 5.74) is 7.57. The highest BCUT2D eigenvalue weighted by atomic mass is 16.1. The highest BCUT2D eigenvalue weighted by Gasteiger charge is 2.12. The van der Waals surface area contributed by atoms with Crippen LogP contribution in [0.25, 0.3) is 0 Å². The van der Waals surface area contributed by atoms with Gasteiger partial charge in [-0.2, -0.15) is 0 Å². The molecule has 0 saturated heterocycles. The van der Waals surface area contributed by atoms with Gasteiger partial charge in [-0.1, -0.05) is 13.8 Å². The number of hydrogen-bond acceptors (Lipinski definition) is 3.